The highest BCUT2D eigenvalue weighted by molar-refractivity contribution is 7.80. The minimum Gasteiger partial charge on any atom is -0.493 e. The van der Waals surface area contributed by atoms with E-state index in [9.17, 15) is 0 Å². The van der Waals surface area contributed by atoms with E-state index in [1.54, 1.807) is 0 Å². The number of halogens is 1. The van der Waals surface area contributed by atoms with Crippen molar-refractivity contribution in [1.29, 1.82) is 0 Å². The van der Waals surface area contributed by atoms with Gasteiger partial charge in [0, 0.05) is 6.54 Å². The molecule has 24 heavy (non-hydrogen) atoms. The summed E-state index contributed by atoms with van der Waals surface area (Å²) in [6, 6.07) is 15.7. The largest absolute Gasteiger partial charge is 0.493 e. The number of hydrogen-bond donors (Lipinski definition) is 2. The highest BCUT2D eigenvalue weighted by Crippen LogP contribution is 2.21. The molecule has 2 rings (SSSR count). The number of ether oxygens (including phenoxy) is 1. The van der Waals surface area contributed by atoms with Crippen LogP contribution >= 0.6 is 23.8 Å². The van der Waals surface area contributed by atoms with Gasteiger partial charge in [0.05, 0.1) is 17.3 Å². The Balaban J connectivity index is 1.75. The Morgan fingerprint density at radius 3 is 2.67 bits per heavy atom. The van der Waals surface area contributed by atoms with Crippen LogP contribution in [0.2, 0.25) is 5.02 Å². The van der Waals surface area contributed by atoms with Crippen LogP contribution in [-0.2, 0) is 6.42 Å². The van der Waals surface area contributed by atoms with E-state index in [1.807, 2.05) is 42.5 Å². The molecular formula is C19H23ClN2OS. The summed E-state index contributed by atoms with van der Waals surface area (Å²) in [4.78, 5) is 0. The summed E-state index contributed by atoms with van der Waals surface area (Å²) in [6.07, 6.45) is 2.93. The van der Waals surface area contributed by atoms with Crippen LogP contribution in [0.5, 0.6) is 5.75 Å². The molecule has 128 valence electrons. The zero-order valence-electron chi connectivity index (χ0n) is 13.8. The Morgan fingerprint density at radius 1 is 1.12 bits per heavy atom. The van der Waals surface area contributed by atoms with Crippen LogP contribution in [0.3, 0.4) is 0 Å². The van der Waals surface area contributed by atoms with E-state index < -0.39 is 0 Å². The average molecular weight is 363 g/mol. The standard InChI is InChI=1S/C19H23ClN2OS/c1-2-14-23-18-12-6-3-8-15(18)9-7-13-21-19(24)22-17-11-5-4-10-16(17)20/h3-6,8,10-12H,2,7,9,13-14H2,1H3,(H2,21,22,24). The molecule has 0 aliphatic carbocycles. The van der Waals surface area contributed by atoms with Gasteiger partial charge in [-0.15, -0.1) is 0 Å². The van der Waals surface area contributed by atoms with Gasteiger partial charge in [-0.1, -0.05) is 48.9 Å². The Hall–Kier alpha value is -1.78. The van der Waals surface area contributed by atoms with E-state index in [1.165, 1.54) is 5.56 Å². The molecule has 0 amide bonds. The predicted molar refractivity (Wildman–Crippen MR) is 106 cm³/mol. The van der Waals surface area contributed by atoms with Crippen LogP contribution in [0.4, 0.5) is 5.69 Å². The highest BCUT2D eigenvalue weighted by Gasteiger charge is 2.04. The van der Waals surface area contributed by atoms with Crippen molar-refractivity contribution < 1.29 is 4.74 Å². The molecule has 0 fully saturated rings. The van der Waals surface area contributed by atoms with Crippen molar-refractivity contribution in [3.8, 4) is 5.75 Å². The maximum atomic E-state index is 6.10. The van der Waals surface area contributed by atoms with Crippen molar-refractivity contribution in [2.24, 2.45) is 0 Å². The van der Waals surface area contributed by atoms with Crippen molar-refractivity contribution in [3.05, 3.63) is 59.1 Å². The third kappa shape index (κ3) is 6.02. The molecule has 0 aliphatic heterocycles. The van der Waals surface area contributed by atoms with Crippen LogP contribution in [0.15, 0.2) is 48.5 Å². The normalized spacial score (nSPS) is 10.2. The Labute approximate surface area is 154 Å². The molecule has 0 radical (unpaired) electrons. The summed E-state index contributed by atoms with van der Waals surface area (Å²) in [5.74, 6) is 0.983. The van der Waals surface area contributed by atoms with E-state index in [2.05, 4.69) is 23.6 Å². The summed E-state index contributed by atoms with van der Waals surface area (Å²) >= 11 is 11.4. The van der Waals surface area contributed by atoms with Crippen molar-refractivity contribution >= 4 is 34.6 Å². The molecular weight excluding hydrogens is 340 g/mol. The van der Waals surface area contributed by atoms with E-state index in [0.29, 0.717) is 10.1 Å². The average Bonchev–Trinajstić information content (AvgIpc) is 2.60. The molecule has 3 nitrogen and oxygen atoms in total. The summed E-state index contributed by atoms with van der Waals surface area (Å²) in [6.45, 7) is 3.65. The first kappa shape index (κ1) is 18.6. The first-order valence-electron chi connectivity index (χ1n) is 8.20. The van der Waals surface area contributed by atoms with Gasteiger partial charge in [0.15, 0.2) is 5.11 Å². The number of hydrogen-bond acceptors (Lipinski definition) is 2. The Morgan fingerprint density at radius 2 is 1.88 bits per heavy atom. The lowest BCUT2D eigenvalue weighted by Gasteiger charge is -2.13. The van der Waals surface area contributed by atoms with Crippen LogP contribution < -0.4 is 15.4 Å². The summed E-state index contributed by atoms with van der Waals surface area (Å²) in [5.41, 5.74) is 2.05. The van der Waals surface area contributed by atoms with Crippen molar-refractivity contribution in [3.63, 3.8) is 0 Å². The van der Waals surface area contributed by atoms with Gasteiger partial charge in [-0.25, -0.2) is 0 Å². The molecule has 0 aromatic heterocycles. The number of thiocarbonyl (C=S) groups is 1. The van der Waals surface area contributed by atoms with E-state index in [0.717, 1.165) is 43.9 Å². The molecule has 0 bridgehead atoms. The van der Waals surface area contributed by atoms with Crippen LogP contribution in [0.25, 0.3) is 0 Å². The molecule has 2 N–H and O–H groups in total. The third-order valence-electron chi connectivity index (χ3n) is 3.46. The number of benzene rings is 2. The van der Waals surface area contributed by atoms with Crippen molar-refractivity contribution in [2.75, 3.05) is 18.5 Å². The molecule has 2 aromatic rings. The predicted octanol–water partition coefficient (Wildman–Crippen LogP) is 5.05. The maximum Gasteiger partial charge on any atom is 0.170 e. The van der Waals surface area contributed by atoms with Gasteiger partial charge >= 0.3 is 0 Å². The number of rotatable bonds is 8. The lowest BCUT2D eigenvalue weighted by atomic mass is 10.1. The monoisotopic (exact) mass is 362 g/mol. The van der Waals surface area contributed by atoms with Gasteiger partial charge in [0.25, 0.3) is 0 Å². The molecule has 2 aromatic carbocycles. The second-order valence-electron chi connectivity index (χ2n) is 5.42. The van der Waals surface area contributed by atoms with Crippen LogP contribution in [0.1, 0.15) is 25.3 Å². The fourth-order valence-corrected chi connectivity index (χ4v) is 2.67. The lowest BCUT2D eigenvalue weighted by molar-refractivity contribution is 0.314. The molecule has 0 spiro atoms. The Bertz CT molecular complexity index is 663. The van der Waals surface area contributed by atoms with Gasteiger partial charge in [0.1, 0.15) is 5.75 Å². The quantitative estimate of drug-likeness (QED) is 0.508. The van der Waals surface area contributed by atoms with Crippen LogP contribution in [-0.4, -0.2) is 18.3 Å². The van der Waals surface area contributed by atoms with Gasteiger partial charge in [0.2, 0.25) is 0 Å². The number of aryl methyl sites for hydroxylation is 1. The molecule has 0 heterocycles. The van der Waals surface area contributed by atoms with Crippen LogP contribution in [0, 0.1) is 0 Å². The molecule has 0 saturated heterocycles. The molecule has 5 heteroatoms. The maximum absolute atomic E-state index is 6.10. The minimum atomic E-state index is 0.582. The molecule has 0 unspecified atom stereocenters. The third-order valence-corrected chi connectivity index (χ3v) is 4.04. The molecule has 0 atom stereocenters. The molecule has 0 saturated carbocycles. The van der Waals surface area contributed by atoms with Crippen molar-refractivity contribution in [2.45, 2.75) is 26.2 Å². The molecule has 0 aliphatic rings. The first-order valence-corrected chi connectivity index (χ1v) is 8.99. The second kappa shape index (κ2) is 10.2. The van der Waals surface area contributed by atoms with Gasteiger partial charge < -0.3 is 15.4 Å². The SMILES string of the molecule is CCCOc1ccccc1CCCNC(=S)Nc1ccccc1Cl. The number of para-hydroxylation sites is 2. The van der Waals surface area contributed by atoms with Gasteiger partial charge in [-0.2, -0.15) is 0 Å². The topological polar surface area (TPSA) is 33.3 Å². The summed E-state index contributed by atoms with van der Waals surface area (Å²) < 4.78 is 5.78. The summed E-state index contributed by atoms with van der Waals surface area (Å²) in [5, 5.41) is 7.56. The zero-order chi connectivity index (χ0) is 17.2. The summed E-state index contributed by atoms with van der Waals surface area (Å²) in [7, 11) is 0. The fraction of sp³-hybridized carbons (Fsp3) is 0.316. The Kier molecular flexibility index (Phi) is 7.86. The van der Waals surface area contributed by atoms with E-state index in [-0.39, 0.29) is 0 Å². The van der Waals surface area contributed by atoms with Crippen molar-refractivity contribution in [1.82, 2.24) is 5.32 Å². The smallest absolute Gasteiger partial charge is 0.170 e. The number of nitrogens with one attached hydrogen (secondary N) is 2. The zero-order valence-corrected chi connectivity index (χ0v) is 15.4. The lowest BCUT2D eigenvalue weighted by Crippen LogP contribution is -2.29. The highest BCUT2D eigenvalue weighted by atomic mass is 35.5. The van der Waals surface area contributed by atoms with Gasteiger partial charge in [-0.3, -0.25) is 0 Å². The first-order chi connectivity index (χ1) is 11.7. The van der Waals surface area contributed by atoms with Gasteiger partial charge in [-0.05, 0) is 55.2 Å². The minimum absolute atomic E-state index is 0.582. The second-order valence-corrected chi connectivity index (χ2v) is 6.24. The van der Waals surface area contributed by atoms with E-state index in [4.69, 9.17) is 28.6 Å². The fourth-order valence-electron chi connectivity index (χ4n) is 2.27. The number of anilines is 1. The van der Waals surface area contributed by atoms with E-state index >= 15 is 0 Å².